The van der Waals surface area contributed by atoms with E-state index in [1.165, 1.54) is 0 Å². The molecule has 1 unspecified atom stereocenters. The van der Waals surface area contributed by atoms with Crippen LogP contribution in [0.4, 0.5) is 0 Å². The topological polar surface area (TPSA) is 53.7 Å². The standard InChI is InChI=1S/C14H22ClNO3/c1-4-12(16)8-10-7-11(15)9-13(18-3)14(10)19-6-5-17-2/h7,9,12H,4-6,8,16H2,1-3H3. The van der Waals surface area contributed by atoms with Gasteiger partial charge in [0, 0.05) is 29.8 Å². The maximum absolute atomic E-state index is 6.09. The fourth-order valence-corrected chi connectivity index (χ4v) is 1.97. The van der Waals surface area contributed by atoms with Crippen LogP contribution in [0.2, 0.25) is 5.02 Å². The van der Waals surface area contributed by atoms with Gasteiger partial charge in [-0.3, -0.25) is 0 Å². The van der Waals surface area contributed by atoms with Crippen molar-refractivity contribution >= 4 is 11.6 Å². The first kappa shape index (κ1) is 16.1. The van der Waals surface area contributed by atoms with Crippen molar-refractivity contribution in [3.05, 3.63) is 22.7 Å². The molecule has 0 aliphatic rings. The van der Waals surface area contributed by atoms with Crippen LogP contribution >= 0.6 is 11.6 Å². The fraction of sp³-hybridized carbons (Fsp3) is 0.571. The Balaban J connectivity index is 2.99. The summed E-state index contributed by atoms with van der Waals surface area (Å²) in [6.45, 7) is 3.03. The van der Waals surface area contributed by atoms with Crippen molar-refractivity contribution in [3.63, 3.8) is 0 Å². The molecular weight excluding hydrogens is 266 g/mol. The molecule has 1 aromatic rings. The molecule has 108 valence electrons. The molecule has 4 nitrogen and oxygen atoms in total. The van der Waals surface area contributed by atoms with Crippen molar-refractivity contribution in [3.8, 4) is 11.5 Å². The second kappa shape index (κ2) is 8.25. The zero-order chi connectivity index (χ0) is 14.3. The molecule has 0 fully saturated rings. The van der Waals surface area contributed by atoms with Crippen LogP contribution in [0, 0.1) is 0 Å². The van der Waals surface area contributed by atoms with Gasteiger partial charge in [0.15, 0.2) is 11.5 Å². The van der Waals surface area contributed by atoms with Gasteiger partial charge in [0.25, 0.3) is 0 Å². The van der Waals surface area contributed by atoms with E-state index < -0.39 is 0 Å². The predicted octanol–water partition coefficient (Wildman–Crippen LogP) is 2.65. The van der Waals surface area contributed by atoms with E-state index in [0.717, 1.165) is 12.0 Å². The highest BCUT2D eigenvalue weighted by Crippen LogP contribution is 2.35. The molecule has 0 radical (unpaired) electrons. The molecule has 0 aliphatic carbocycles. The van der Waals surface area contributed by atoms with E-state index in [0.29, 0.717) is 36.2 Å². The summed E-state index contributed by atoms with van der Waals surface area (Å²) in [7, 11) is 3.23. The monoisotopic (exact) mass is 287 g/mol. The highest BCUT2D eigenvalue weighted by Gasteiger charge is 2.15. The summed E-state index contributed by atoms with van der Waals surface area (Å²) >= 11 is 6.09. The normalized spacial score (nSPS) is 12.3. The van der Waals surface area contributed by atoms with Crippen LogP contribution in [0.1, 0.15) is 18.9 Å². The molecule has 0 saturated heterocycles. The van der Waals surface area contributed by atoms with E-state index in [-0.39, 0.29) is 6.04 Å². The highest BCUT2D eigenvalue weighted by atomic mass is 35.5. The summed E-state index contributed by atoms with van der Waals surface area (Å²) < 4.78 is 16.0. The van der Waals surface area contributed by atoms with Crippen LogP contribution in [0.5, 0.6) is 11.5 Å². The van der Waals surface area contributed by atoms with Crippen LogP contribution in [0.25, 0.3) is 0 Å². The summed E-state index contributed by atoms with van der Waals surface area (Å²) in [5, 5.41) is 0.620. The van der Waals surface area contributed by atoms with E-state index in [9.17, 15) is 0 Å². The molecular formula is C14H22ClNO3. The van der Waals surface area contributed by atoms with E-state index in [2.05, 4.69) is 6.92 Å². The Hall–Kier alpha value is -0.970. The van der Waals surface area contributed by atoms with Crippen molar-refractivity contribution in [2.45, 2.75) is 25.8 Å². The van der Waals surface area contributed by atoms with E-state index in [1.807, 2.05) is 6.07 Å². The molecule has 0 aliphatic heterocycles. The van der Waals surface area contributed by atoms with Crippen molar-refractivity contribution in [1.82, 2.24) is 0 Å². The highest BCUT2D eigenvalue weighted by molar-refractivity contribution is 6.30. The molecule has 0 saturated carbocycles. The quantitative estimate of drug-likeness (QED) is 0.747. The van der Waals surface area contributed by atoms with Gasteiger partial charge in [-0.25, -0.2) is 0 Å². The van der Waals surface area contributed by atoms with Crippen molar-refractivity contribution in [1.29, 1.82) is 0 Å². The first-order valence-electron chi connectivity index (χ1n) is 6.36. The molecule has 2 N–H and O–H groups in total. The number of ether oxygens (including phenoxy) is 3. The number of nitrogens with two attached hydrogens (primary N) is 1. The molecule has 0 spiro atoms. The fourth-order valence-electron chi connectivity index (χ4n) is 1.74. The second-order valence-electron chi connectivity index (χ2n) is 4.31. The minimum Gasteiger partial charge on any atom is -0.493 e. The minimum atomic E-state index is 0.0768. The Bertz CT molecular complexity index is 399. The lowest BCUT2D eigenvalue weighted by molar-refractivity contribution is 0.143. The lowest BCUT2D eigenvalue weighted by atomic mass is 10.0. The molecule has 1 rings (SSSR count). The van der Waals surface area contributed by atoms with Gasteiger partial charge in [0.1, 0.15) is 6.61 Å². The summed E-state index contributed by atoms with van der Waals surface area (Å²) in [4.78, 5) is 0. The SMILES string of the molecule is CCC(N)Cc1cc(Cl)cc(OC)c1OCCOC. The first-order valence-corrected chi connectivity index (χ1v) is 6.73. The summed E-state index contributed by atoms with van der Waals surface area (Å²) in [5.41, 5.74) is 6.97. The van der Waals surface area contributed by atoms with Gasteiger partial charge in [-0.05, 0) is 18.9 Å². The Labute approximate surface area is 119 Å². The van der Waals surface area contributed by atoms with Crippen LogP contribution in [-0.4, -0.2) is 33.5 Å². The van der Waals surface area contributed by atoms with Gasteiger partial charge >= 0.3 is 0 Å². The zero-order valence-corrected chi connectivity index (χ0v) is 12.5. The van der Waals surface area contributed by atoms with E-state index >= 15 is 0 Å². The maximum Gasteiger partial charge on any atom is 0.164 e. The number of halogens is 1. The Kier molecular flexibility index (Phi) is 6.99. The van der Waals surface area contributed by atoms with Gasteiger partial charge in [0.2, 0.25) is 0 Å². The second-order valence-corrected chi connectivity index (χ2v) is 4.75. The van der Waals surface area contributed by atoms with Crippen LogP contribution < -0.4 is 15.2 Å². The molecule has 19 heavy (non-hydrogen) atoms. The number of hydrogen-bond acceptors (Lipinski definition) is 4. The zero-order valence-electron chi connectivity index (χ0n) is 11.7. The van der Waals surface area contributed by atoms with Gasteiger partial charge in [-0.1, -0.05) is 18.5 Å². The van der Waals surface area contributed by atoms with Gasteiger partial charge in [0.05, 0.1) is 13.7 Å². The Morgan fingerprint density at radius 2 is 2.00 bits per heavy atom. The third kappa shape index (κ3) is 4.90. The third-order valence-corrected chi connectivity index (χ3v) is 3.08. The van der Waals surface area contributed by atoms with Crippen molar-refractivity contribution in [2.75, 3.05) is 27.4 Å². The molecule has 0 aromatic heterocycles. The largest absolute Gasteiger partial charge is 0.493 e. The number of methoxy groups -OCH3 is 2. The van der Waals surface area contributed by atoms with Crippen LogP contribution in [0.15, 0.2) is 12.1 Å². The van der Waals surface area contributed by atoms with Gasteiger partial charge in [-0.2, -0.15) is 0 Å². The molecule has 1 atom stereocenters. The number of hydrogen-bond donors (Lipinski definition) is 1. The molecule has 0 bridgehead atoms. The summed E-state index contributed by atoms with van der Waals surface area (Å²) in [5.74, 6) is 1.33. The summed E-state index contributed by atoms with van der Waals surface area (Å²) in [6.07, 6.45) is 1.60. The molecule has 0 heterocycles. The first-order chi connectivity index (χ1) is 9.12. The Morgan fingerprint density at radius 1 is 1.26 bits per heavy atom. The lowest BCUT2D eigenvalue weighted by Gasteiger charge is -2.17. The van der Waals surface area contributed by atoms with Crippen LogP contribution in [-0.2, 0) is 11.2 Å². The van der Waals surface area contributed by atoms with Gasteiger partial charge < -0.3 is 19.9 Å². The minimum absolute atomic E-state index is 0.0768. The number of benzene rings is 1. The molecule has 1 aromatic carbocycles. The van der Waals surface area contributed by atoms with E-state index in [1.54, 1.807) is 20.3 Å². The average molecular weight is 288 g/mol. The van der Waals surface area contributed by atoms with Crippen molar-refractivity contribution < 1.29 is 14.2 Å². The van der Waals surface area contributed by atoms with E-state index in [4.69, 9.17) is 31.5 Å². The van der Waals surface area contributed by atoms with Crippen LogP contribution in [0.3, 0.4) is 0 Å². The third-order valence-electron chi connectivity index (χ3n) is 2.86. The maximum atomic E-state index is 6.09. The van der Waals surface area contributed by atoms with Crippen molar-refractivity contribution in [2.24, 2.45) is 5.73 Å². The van der Waals surface area contributed by atoms with Gasteiger partial charge in [-0.15, -0.1) is 0 Å². The number of rotatable bonds is 8. The summed E-state index contributed by atoms with van der Waals surface area (Å²) in [6, 6.07) is 3.69. The predicted molar refractivity (Wildman–Crippen MR) is 77.3 cm³/mol. The molecule has 0 amide bonds. The smallest absolute Gasteiger partial charge is 0.164 e. The lowest BCUT2D eigenvalue weighted by Crippen LogP contribution is -2.22. The Morgan fingerprint density at radius 3 is 2.58 bits per heavy atom. The average Bonchev–Trinajstić information content (AvgIpc) is 2.40. The molecule has 5 heteroatoms.